The normalized spacial score (nSPS) is 26.6. The van der Waals surface area contributed by atoms with Crippen LogP contribution in [0.3, 0.4) is 0 Å². The fourth-order valence-electron chi connectivity index (χ4n) is 1.55. The molecule has 2 aliphatic carbocycles. The van der Waals surface area contributed by atoms with Crippen LogP contribution in [0, 0.1) is 11.3 Å². The Hall–Kier alpha value is -0.370. The van der Waals surface area contributed by atoms with Gasteiger partial charge in [0.05, 0.1) is 0 Å². The van der Waals surface area contributed by atoms with Gasteiger partial charge in [0.2, 0.25) is 0 Å². The van der Waals surface area contributed by atoms with Crippen molar-refractivity contribution in [2.75, 3.05) is 6.54 Å². The van der Waals surface area contributed by atoms with E-state index in [1.807, 2.05) is 0 Å². The molecule has 2 rings (SSSR count). The van der Waals surface area contributed by atoms with E-state index in [4.69, 9.17) is 5.73 Å². The molecule has 0 spiro atoms. The Morgan fingerprint density at radius 2 is 2.09 bits per heavy atom. The Morgan fingerprint density at radius 3 is 2.45 bits per heavy atom. The third kappa shape index (κ3) is 1.32. The molecular formula is C9H15NO. The number of hydrogen-bond donors (Lipinski definition) is 1. The van der Waals surface area contributed by atoms with Crippen molar-refractivity contribution in [3.05, 3.63) is 0 Å². The van der Waals surface area contributed by atoms with E-state index in [1.54, 1.807) is 0 Å². The molecule has 0 saturated heterocycles. The first-order chi connectivity index (χ1) is 5.27. The molecule has 0 unspecified atom stereocenters. The fraction of sp³-hybridized carbons (Fsp3) is 0.889. The van der Waals surface area contributed by atoms with Gasteiger partial charge in [0.1, 0.15) is 5.78 Å². The van der Waals surface area contributed by atoms with Gasteiger partial charge in [0.15, 0.2) is 0 Å². The highest BCUT2D eigenvalue weighted by Gasteiger charge is 2.48. The monoisotopic (exact) mass is 153 g/mol. The molecule has 2 N–H and O–H groups in total. The largest absolute Gasteiger partial charge is 0.329 e. The summed E-state index contributed by atoms with van der Waals surface area (Å²) in [5.74, 6) is 1.18. The predicted octanol–water partition coefficient (Wildman–Crippen LogP) is 1.09. The summed E-state index contributed by atoms with van der Waals surface area (Å²) in [4.78, 5) is 11.5. The summed E-state index contributed by atoms with van der Waals surface area (Å²) < 4.78 is 0. The number of Topliss-reactive ketones (excluding diaryl/α,β-unsaturated/α-hetero) is 1. The van der Waals surface area contributed by atoms with Gasteiger partial charge >= 0.3 is 0 Å². The SMILES string of the molecule is NCC1(C(=O)CC2CC2)CC1. The molecule has 0 bridgehead atoms. The molecule has 2 heteroatoms. The molecule has 2 saturated carbocycles. The number of rotatable bonds is 4. The summed E-state index contributed by atoms with van der Waals surface area (Å²) in [5, 5.41) is 0. The van der Waals surface area contributed by atoms with E-state index in [-0.39, 0.29) is 5.41 Å². The van der Waals surface area contributed by atoms with E-state index >= 15 is 0 Å². The Kier molecular flexibility index (Phi) is 1.53. The van der Waals surface area contributed by atoms with Gasteiger partial charge in [-0.25, -0.2) is 0 Å². The summed E-state index contributed by atoms with van der Waals surface area (Å²) >= 11 is 0. The van der Waals surface area contributed by atoms with E-state index in [0.717, 1.165) is 25.2 Å². The van der Waals surface area contributed by atoms with Crippen LogP contribution in [0.25, 0.3) is 0 Å². The molecule has 0 aromatic heterocycles. The first kappa shape index (κ1) is 7.29. The van der Waals surface area contributed by atoms with E-state index in [2.05, 4.69) is 0 Å². The molecule has 0 aromatic rings. The first-order valence-corrected chi connectivity index (χ1v) is 4.50. The van der Waals surface area contributed by atoms with Crippen molar-refractivity contribution < 1.29 is 4.79 Å². The van der Waals surface area contributed by atoms with Gasteiger partial charge < -0.3 is 5.73 Å². The Labute approximate surface area is 67.1 Å². The number of carbonyl (C=O) groups is 1. The van der Waals surface area contributed by atoms with Crippen LogP contribution in [0.15, 0.2) is 0 Å². The van der Waals surface area contributed by atoms with Crippen molar-refractivity contribution in [3.63, 3.8) is 0 Å². The average molecular weight is 153 g/mol. The molecule has 2 nitrogen and oxygen atoms in total. The van der Waals surface area contributed by atoms with Gasteiger partial charge in [-0.2, -0.15) is 0 Å². The molecule has 0 amide bonds. The van der Waals surface area contributed by atoms with Crippen LogP contribution in [0.4, 0.5) is 0 Å². The molecule has 2 fully saturated rings. The molecule has 0 atom stereocenters. The molecule has 2 aliphatic rings. The van der Waals surface area contributed by atoms with Crippen molar-refractivity contribution in [2.24, 2.45) is 17.1 Å². The van der Waals surface area contributed by atoms with Crippen molar-refractivity contribution in [3.8, 4) is 0 Å². The average Bonchev–Trinajstić information content (AvgIpc) is 2.84. The molecule has 11 heavy (non-hydrogen) atoms. The van der Waals surface area contributed by atoms with Crippen LogP contribution in [0.1, 0.15) is 32.1 Å². The van der Waals surface area contributed by atoms with Gasteiger partial charge in [-0.3, -0.25) is 4.79 Å². The lowest BCUT2D eigenvalue weighted by molar-refractivity contribution is -0.124. The minimum absolute atomic E-state index is 0.0391. The highest BCUT2D eigenvalue weighted by molar-refractivity contribution is 5.88. The van der Waals surface area contributed by atoms with Gasteiger partial charge in [0.25, 0.3) is 0 Å². The molecule has 0 radical (unpaired) electrons. The summed E-state index contributed by atoms with van der Waals surface area (Å²) in [6.07, 6.45) is 5.46. The lowest BCUT2D eigenvalue weighted by atomic mass is 9.97. The maximum absolute atomic E-state index is 11.5. The number of nitrogens with two attached hydrogens (primary N) is 1. The van der Waals surface area contributed by atoms with Crippen LogP contribution in [0.5, 0.6) is 0 Å². The van der Waals surface area contributed by atoms with Crippen molar-refractivity contribution >= 4 is 5.78 Å². The van der Waals surface area contributed by atoms with E-state index in [1.165, 1.54) is 12.8 Å². The first-order valence-electron chi connectivity index (χ1n) is 4.50. The second kappa shape index (κ2) is 2.31. The Morgan fingerprint density at radius 1 is 1.45 bits per heavy atom. The molecule has 0 heterocycles. The topological polar surface area (TPSA) is 43.1 Å². The summed E-state index contributed by atoms with van der Waals surface area (Å²) in [6, 6.07) is 0. The standard InChI is InChI=1S/C9H15NO/c10-6-9(3-4-9)8(11)5-7-1-2-7/h7H,1-6,10H2. The van der Waals surface area contributed by atoms with Gasteiger partial charge in [-0.15, -0.1) is 0 Å². The second-order valence-corrected chi connectivity index (χ2v) is 4.06. The zero-order valence-electron chi connectivity index (χ0n) is 6.81. The van der Waals surface area contributed by atoms with Crippen LogP contribution in [0.2, 0.25) is 0 Å². The quantitative estimate of drug-likeness (QED) is 0.657. The van der Waals surface area contributed by atoms with Gasteiger partial charge in [-0.05, 0) is 31.6 Å². The minimum atomic E-state index is -0.0391. The van der Waals surface area contributed by atoms with Crippen molar-refractivity contribution in [1.82, 2.24) is 0 Å². The van der Waals surface area contributed by atoms with Crippen LogP contribution in [-0.2, 0) is 4.79 Å². The maximum Gasteiger partial charge on any atom is 0.140 e. The van der Waals surface area contributed by atoms with E-state index in [0.29, 0.717) is 12.3 Å². The highest BCUT2D eigenvalue weighted by atomic mass is 16.1. The molecule has 62 valence electrons. The van der Waals surface area contributed by atoms with Gasteiger partial charge in [0, 0.05) is 18.4 Å². The van der Waals surface area contributed by atoms with E-state index in [9.17, 15) is 4.79 Å². The Bertz CT molecular complexity index is 180. The lowest BCUT2D eigenvalue weighted by Gasteiger charge is -2.09. The molecule has 0 aromatic carbocycles. The summed E-state index contributed by atoms with van der Waals surface area (Å²) in [6.45, 7) is 0.582. The summed E-state index contributed by atoms with van der Waals surface area (Å²) in [5.41, 5.74) is 5.51. The summed E-state index contributed by atoms with van der Waals surface area (Å²) in [7, 11) is 0. The lowest BCUT2D eigenvalue weighted by Crippen LogP contribution is -2.25. The molecule has 0 aliphatic heterocycles. The van der Waals surface area contributed by atoms with E-state index < -0.39 is 0 Å². The molecular weight excluding hydrogens is 138 g/mol. The van der Waals surface area contributed by atoms with Crippen LogP contribution >= 0.6 is 0 Å². The van der Waals surface area contributed by atoms with Crippen LogP contribution in [-0.4, -0.2) is 12.3 Å². The van der Waals surface area contributed by atoms with Crippen LogP contribution < -0.4 is 5.73 Å². The zero-order valence-corrected chi connectivity index (χ0v) is 6.81. The second-order valence-electron chi connectivity index (χ2n) is 4.06. The third-order valence-electron chi connectivity index (χ3n) is 3.01. The predicted molar refractivity (Wildman–Crippen MR) is 43.1 cm³/mol. The fourth-order valence-corrected chi connectivity index (χ4v) is 1.55. The number of hydrogen-bond acceptors (Lipinski definition) is 2. The minimum Gasteiger partial charge on any atom is -0.329 e. The van der Waals surface area contributed by atoms with Crippen molar-refractivity contribution in [1.29, 1.82) is 0 Å². The number of ketones is 1. The highest BCUT2D eigenvalue weighted by Crippen LogP contribution is 2.48. The van der Waals surface area contributed by atoms with Crippen molar-refractivity contribution in [2.45, 2.75) is 32.1 Å². The maximum atomic E-state index is 11.5. The van der Waals surface area contributed by atoms with Gasteiger partial charge in [-0.1, -0.05) is 0 Å². The Balaban J connectivity index is 1.87. The zero-order chi connectivity index (χ0) is 7.90. The third-order valence-corrected chi connectivity index (χ3v) is 3.01. The smallest absolute Gasteiger partial charge is 0.140 e. The number of carbonyl (C=O) groups excluding carboxylic acids is 1.